The summed E-state index contributed by atoms with van der Waals surface area (Å²) >= 11 is 0. The van der Waals surface area contributed by atoms with Crippen molar-refractivity contribution in [3.63, 3.8) is 0 Å². The molecule has 5 nitrogen and oxygen atoms in total. The molecule has 1 aromatic heterocycles. The number of rotatable bonds is 4. The van der Waals surface area contributed by atoms with Gasteiger partial charge in [-0.15, -0.1) is 0 Å². The second-order valence-electron chi connectivity index (χ2n) is 6.96. The number of anilines is 4. The van der Waals surface area contributed by atoms with Crippen molar-refractivity contribution >= 4 is 23.0 Å². The van der Waals surface area contributed by atoms with E-state index in [4.69, 9.17) is 0 Å². The fourth-order valence-electron chi connectivity index (χ4n) is 3.47. The molecule has 1 N–H and O–H groups in total. The Morgan fingerprint density at radius 1 is 0.778 bits per heavy atom. The summed E-state index contributed by atoms with van der Waals surface area (Å²) in [7, 11) is 0. The van der Waals surface area contributed by atoms with Gasteiger partial charge < -0.3 is 15.1 Å². The van der Waals surface area contributed by atoms with Gasteiger partial charge in [-0.2, -0.15) is 0 Å². The first-order chi connectivity index (χ1) is 13.2. The molecule has 0 atom stereocenters. The second kappa shape index (κ2) is 7.66. The average Bonchev–Trinajstić information content (AvgIpc) is 2.68. The molecule has 1 aliphatic heterocycles. The fourth-order valence-corrected chi connectivity index (χ4v) is 3.47. The maximum Gasteiger partial charge on any atom is 0.136 e. The van der Waals surface area contributed by atoms with Crippen LogP contribution in [0.5, 0.6) is 0 Å². The van der Waals surface area contributed by atoms with Crippen LogP contribution in [-0.4, -0.2) is 36.1 Å². The highest BCUT2D eigenvalue weighted by molar-refractivity contribution is 5.60. The second-order valence-corrected chi connectivity index (χ2v) is 6.96. The number of benzene rings is 2. The minimum Gasteiger partial charge on any atom is -0.368 e. The van der Waals surface area contributed by atoms with Crippen molar-refractivity contribution < 1.29 is 0 Å². The monoisotopic (exact) mass is 359 g/mol. The molecule has 1 aliphatic rings. The lowest BCUT2D eigenvalue weighted by Crippen LogP contribution is -2.47. The summed E-state index contributed by atoms with van der Waals surface area (Å²) in [6.45, 7) is 7.99. The topological polar surface area (TPSA) is 44.3 Å². The normalized spacial score (nSPS) is 14.3. The van der Waals surface area contributed by atoms with Gasteiger partial charge in [-0.1, -0.05) is 30.3 Å². The number of nitrogens with one attached hydrogen (secondary N) is 1. The average molecular weight is 359 g/mol. The maximum absolute atomic E-state index is 4.67. The predicted octanol–water partition coefficient (Wildman–Crippen LogP) is 4.16. The van der Waals surface area contributed by atoms with Crippen LogP contribution in [0.25, 0.3) is 0 Å². The minimum atomic E-state index is 0.784. The first-order valence-corrected chi connectivity index (χ1v) is 9.42. The molecular formula is C22H25N5. The maximum atomic E-state index is 4.67. The van der Waals surface area contributed by atoms with Crippen molar-refractivity contribution in [2.45, 2.75) is 13.8 Å². The molecular weight excluding hydrogens is 334 g/mol. The molecule has 2 aromatic carbocycles. The Kier molecular flexibility index (Phi) is 4.92. The van der Waals surface area contributed by atoms with Crippen LogP contribution in [0.4, 0.5) is 23.0 Å². The van der Waals surface area contributed by atoms with Gasteiger partial charge in [-0.25, -0.2) is 9.97 Å². The molecule has 0 radical (unpaired) electrons. The smallest absolute Gasteiger partial charge is 0.136 e. The van der Waals surface area contributed by atoms with E-state index in [0.717, 1.165) is 49.3 Å². The molecule has 138 valence electrons. The minimum absolute atomic E-state index is 0.784. The molecule has 5 heteroatoms. The van der Waals surface area contributed by atoms with Crippen LogP contribution in [0.1, 0.15) is 11.4 Å². The Morgan fingerprint density at radius 2 is 1.52 bits per heavy atom. The third-order valence-electron chi connectivity index (χ3n) is 4.84. The van der Waals surface area contributed by atoms with E-state index < -0.39 is 0 Å². The first-order valence-electron chi connectivity index (χ1n) is 9.42. The largest absolute Gasteiger partial charge is 0.368 e. The van der Waals surface area contributed by atoms with Crippen molar-refractivity contribution in [3.05, 3.63) is 72.1 Å². The highest BCUT2D eigenvalue weighted by Crippen LogP contribution is 2.23. The standard InChI is InChI=1S/C22H25N5/c1-17-7-6-10-20(15-17)26-11-13-27(14-12-26)22-16-21(23-18(2)24-22)25-19-8-4-3-5-9-19/h3-10,15-16H,11-14H2,1-2H3,(H,23,24,25). The van der Waals surface area contributed by atoms with Gasteiger partial charge in [0, 0.05) is 43.6 Å². The Labute approximate surface area is 160 Å². The lowest BCUT2D eigenvalue weighted by molar-refractivity contribution is 0.646. The van der Waals surface area contributed by atoms with E-state index in [1.165, 1.54) is 11.3 Å². The number of aryl methyl sites for hydroxylation is 2. The van der Waals surface area contributed by atoms with E-state index in [2.05, 4.69) is 56.3 Å². The van der Waals surface area contributed by atoms with Gasteiger partial charge >= 0.3 is 0 Å². The first kappa shape index (κ1) is 17.3. The van der Waals surface area contributed by atoms with Gasteiger partial charge in [0.1, 0.15) is 17.5 Å². The van der Waals surface area contributed by atoms with Crippen LogP contribution >= 0.6 is 0 Å². The third kappa shape index (κ3) is 4.19. The van der Waals surface area contributed by atoms with Crippen molar-refractivity contribution in [1.82, 2.24) is 9.97 Å². The number of hydrogen-bond acceptors (Lipinski definition) is 5. The summed E-state index contributed by atoms with van der Waals surface area (Å²) in [4.78, 5) is 14.0. The Bertz CT molecular complexity index is 902. The van der Waals surface area contributed by atoms with Crippen molar-refractivity contribution in [2.24, 2.45) is 0 Å². The number of aromatic nitrogens is 2. The zero-order chi connectivity index (χ0) is 18.6. The van der Waals surface area contributed by atoms with Gasteiger partial charge in [0.25, 0.3) is 0 Å². The van der Waals surface area contributed by atoms with Gasteiger partial charge in [0.15, 0.2) is 0 Å². The van der Waals surface area contributed by atoms with Crippen molar-refractivity contribution in [1.29, 1.82) is 0 Å². The highest BCUT2D eigenvalue weighted by atomic mass is 15.3. The lowest BCUT2D eigenvalue weighted by Gasteiger charge is -2.37. The van der Waals surface area contributed by atoms with Crippen LogP contribution in [0.2, 0.25) is 0 Å². The summed E-state index contributed by atoms with van der Waals surface area (Å²) in [5.74, 6) is 2.61. The molecule has 0 bridgehead atoms. The zero-order valence-corrected chi connectivity index (χ0v) is 15.9. The summed E-state index contributed by atoms with van der Waals surface area (Å²) in [5.41, 5.74) is 3.64. The molecule has 1 fully saturated rings. The fraction of sp³-hybridized carbons (Fsp3) is 0.273. The van der Waals surface area contributed by atoms with Gasteiger partial charge in [0.05, 0.1) is 0 Å². The van der Waals surface area contributed by atoms with Crippen LogP contribution in [-0.2, 0) is 0 Å². The van der Waals surface area contributed by atoms with E-state index >= 15 is 0 Å². The van der Waals surface area contributed by atoms with Crippen LogP contribution < -0.4 is 15.1 Å². The van der Waals surface area contributed by atoms with Crippen LogP contribution in [0.3, 0.4) is 0 Å². The molecule has 0 unspecified atom stereocenters. The van der Waals surface area contributed by atoms with Gasteiger partial charge in [-0.3, -0.25) is 0 Å². The van der Waals surface area contributed by atoms with E-state index in [-0.39, 0.29) is 0 Å². The molecule has 2 heterocycles. The molecule has 27 heavy (non-hydrogen) atoms. The SMILES string of the molecule is Cc1cccc(N2CCN(c3cc(Nc4ccccc4)nc(C)n3)CC2)c1. The van der Waals surface area contributed by atoms with Crippen LogP contribution in [0.15, 0.2) is 60.7 Å². The molecule has 4 rings (SSSR count). The predicted molar refractivity (Wildman–Crippen MR) is 112 cm³/mol. The van der Waals surface area contributed by atoms with Crippen molar-refractivity contribution in [3.8, 4) is 0 Å². The molecule has 0 spiro atoms. The zero-order valence-electron chi connectivity index (χ0n) is 15.9. The molecule has 0 saturated carbocycles. The Morgan fingerprint density at radius 3 is 2.26 bits per heavy atom. The van der Waals surface area contributed by atoms with E-state index in [0.29, 0.717) is 0 Å². The van der Waals surface area contributed by atoms with E-state index in [9.17, 15) is 0 Å². The van der Waals surface area contributed by atoms with Gasteiger partial charge in [-0.05, 0) is 43.7 Å². The number of para-hydroxylation sites is 1. The quantitative estimate of drug-likeness (QED) is 0.758. The molecule has 1 saturated heterocycles. The Balaban J connectivity index is 1.46. The highest BCUT2D eigenvalue weighted by Gasteiger charge is 2.19. The number of nitrogens with zero attached hydrogens (tertiary/aromatic N) is 4. The van der Waals surface area contributed by atoms with E-state index in [1.54, 1.807) is 0 Å². The molecule has 3 aromatic rings. The van der Waals surface area contributed by atoms with E-state index in [1.807, 2.05) is 43.3 Å². The third-order valence-corrected chi connectivity index (χ3v) is 4.84. The molecule has 0 amide bonds. The summed E-state index contributed by atoms with van der Waals surface area (Å²) in [6, 6.07) is 20.9. The van der Waals surface area contributed by atoms with Crippen LogP contribution in [0, 0.1) is 13.8 Å². The lowest BCUT2D eigenvalue weighted by atomic mass is 10.2. The summed E-state index contributed by atoms with van der Waals surface area (Å²) in [6.07, 6.45) is 0. The summed E-state index contributed by atoms with van der Waals surface area (Å²) < 4.78 is 0. The number of piperazine rings is 1. The van der Waals surface area contributed by atoms with Crippen molar-refractivity contribution in [2.75, 3.05) is 41.3 Å². The number of hydrogen-bond donors (Lipinski definition) is 1. The Hall–Kier alpha value is -3.08. The van der Waals surface area contributed by atoms with Gasteiger partial charge in [0.2, 0.25) is 0 Å². The molecule has 0 aliphatic carbocycles. The summed E-state index contributed by atoms with van der Waals surface area (Å²) in [5, 5.41) is 3.38.